The summed E-state index contributed by atoms with van der Waals surface area (Å²) in [4.78, 5) is 0. The smallest absolute Gasteiger partial charge is 0.166 e. The Kier molecular flexibility index (Phi) is 2.60. The molecular weight excluding hydrogens is 165 g/mol. The number of allylic oxidation sites excluding steroid dienone is 3. The van der Waals surface area contributed by atoms with Gasteiger partial charge in [0.05, 0.1) is 0 Å². The van der Waals surface area contributed by atoms with Crippen LogP contribution in [0.15, 0.2) is 24.3 Å². The summed E-state index contributed by atoms with van der Waals surface area (Å²) in [6.45, 7) is 3.07. The van der Waals surface area contributed by atoms with Gasteiger partial charge in [-0.1, -0.05) is 18.7 Å². The van der Waals surface area contributed by atoms with Crippen molar-refractivity contribution in [3.8, 4) is 0 Å². The Labute approximate surface area is 69.8 Å². The number of halogens is 3. The third-order valence-corrected chi connectivity index (χ3v) is 2.07. The van der Waals surface area contributed by atoms with Crippen LogP contribution in [0.5, 0.6) is 0 Å². The Hall–Kier alpha value is -0.730. The van der Waals surface area contributed by atoms with E-state index in [9.17, 15) is 13.2 Å². The number of rotatable bonds is 1. The molecule has 0 aromatic rings. The lowest BCUT2D eigenvalue weighted by atomic mass is 9.90. The van der Waals surface area contributed by atoms with Crippen LogP contribution in [0.2, 0.25) is 0 Å². The van der Waals surface area contributed by atoms with Crippen LogP contribution in [0, 0.1) is 5.92 Å². The first-order valence-corrected chi connectivity index (χ1v) is 3.94. The minimum atomic E-state index is -4.23. The highest BCUT2D eigenvalue weighted by Crippen LogP contribution is 2.34. The second-order valence-corrected chi connectivity index (χ2v) is 2.99. The van der Waals surface area contributed by atoms with Crippen LogP contribution in [0.1, 0.15) is 19.3 Å². The van der Waals surface area contributed by atoms with Crippen molar-refractivity contribution in [2.24, 2.45) is 5.92 Å². The first kappa shape index (κ1) is 9.36. The molecule has 0 heterocycles. The van der Waals surface area contributed by atoms with Crippen molar-refractivity contribution in [1.29, 1.82) is 0 Å². The molecule has 1 aliphatic rings. The van der Waals surface area contributed by atoms with E-state index in [1.54, 1.807) is 12.2 Å². The topological polar surface area (TPSA) is 0 Å². The molecule has 3 heteroatoms. The Morgan fingerprint density at radius 2 is 2.08 bits per heavy atom. The molecule has 0 aromatic carbocycles. The molecule has 0 radical (unpaired) electrons. The predicted molar refractivity (Wildman–Crippen MR) is 41.7 cm³/mol. The van der Waals surface area contributed by atoms with E-state index in [-0.39, 0.29) is 0 Å². The number of hydrogen-bond donors (Lipinski definition) is 0. The largest absolute Gasteiger partial charge is 0.412 e. The lowest BCUT2D eigenvalue weighted by Gasteiger charge is -2.20. The van der Waals surface area contributed by atoms with Gasteiger partial charge in [0.2, 0.25) is 0 Å². The van der Waals surface area contributed by atoms with E-state index in [4.69, 9.17) is 0 Å². The molecule has 0 nitrogen and oxygen atoms in total. The fourth-order valence-electron chi connectivity index (χ4n) is 1.31. The standard InChI is InChI=1S/C9H11F3/c1-7(9(10,11)12)8-5-3-2-4-6-8/h3,5,8H,1-2,4,6H2. The number of alkyl halides is 3. The van der Waals surface area contributed by atoms with E-state index in [1.165, 1.54) is 0 Å². The van der Waals surface area contributed by atoms with Gasteiger partial charge in [0.15, 0.2) is 0 Å². The Balaban J connectivity index is 2.64. The third-order valence-electron chi connectivity index (χ3n) is 2.07. The zero-order chi connectivity index (χ0) is 9.19. The van der Waals surface area contributed by atoms with Gasteiger partial charge in [-0.25, -0.2) is 0 Å². The van der Waals surface area contributed by atoms with Gasteiger partial charge in [-0.3, -0.25) is 0 Å². The van der Waals surface area contributed by atoms with Crippen LogP contribution in [0.25, 0.3) is 0 Å². The second-order valence-electron chi connectivity index (χ2n) is 2.99. The maximum Gasteiger partial charge on any atom is 0.412 e. The highest BCUT2D eigenvalue weighted by atomic mass is 19.4. The Morgan fingerprint density at radius 1 is 1.42 bits per heavy atom. The van der Waals surface area contributed by atoms with Crippen LogP contribution in [-0.2, 0) is 0 Å². The van der Waals surface area contributed by atoms with Crippen LogP contribution in [0.4, 0.5) is 13.2 Å². The zero-order valence-corrected chi connectivity index (χ0v) is 6.69. The van der Waals surface area contributed by atoms with Gasteiger partial charge in [-0.2, -0.15) is 13.2 Å². The van der Waals surface area contributed by atoms with Crippen LogP contribution >= 0.6 is 0 Å². The summed E-state index contributed by atoms with van der Waals surface area (Å²) >= 11 is 0. The SMILES string of the molecule is C=C(C1C=CCCC1)C(F)(F)F. The highest BCUT2D eigenvalue weighted by molar-refractivity contribution is 5.16. The summed E-state index contributed by atoms with van der Waals surface area (Å²) in [5, 5.41) is 0. The van der Waals surface area contributed by atoms with Crippen LogP contribution in [0.3, 0.4) is 0 Å². The molecule has 0 amide bonds. The third kappa shape index (κ3) is 2.13. The first-order chi connectivity index (χ1) is 5.52. The summed E-state index contributed by atoms with van der Waals surface area (Å²) in [5.74, 6) is -0.487. The minimum absolute atomic E-state index is 0.487. The minimum Gasteiger partial charge on any atom is -0.166 e. The fourth-order valence-corrected chi connectivity index (χ4v) is 1.31. The van der Waals surface area contributed by atoms with E-state index < -0.39 is 17.7 Å². The van der Waals surface area contributed by atoms with Gasteiger partial charge >= 0.3 is 6.18 Å². The van der Waals surface area contributed by atoms with E-state index in [0.717, 1.165) is 12.8 Å². The van der Waals surface area contributed by atoms with Crippen molar-refractivity contribution in [3.05, 3.63) is 24.3 Å². The molecule has 1 rings (SSSR count). The van der Waals surface area contributed by atoms with Gasteiger partial charge in [-0.15, -0.1) is 0 Å². The molecule has 0 bridgehead atoms. The molecule has 0 fully saturated rings. The Bertz CT molecular complexity index is 200. The molecular formula is C9H11F3. The second kappa shape index (κ2) is 3.33. The zero-order valence-electron chi connectivity index (χ0n) is 6.69. The Morgan fingerprint density at radius 3 is 2.50 bits per heavy atom. The van der Waals surface area contributed by atoms with E-state index in [0.29, 0.717) is 6.42 Å². The maximum atomic E-state index is 12.1. The highest BCUT2D eigenvalue weighted by Gasteiger charge is 2.35. The lowest BCUT2D eigenvalue weighted by Crippen LogP contribution is -2.18. The molecule has 1 atom stereocenters. The average Bonchev–Trinajstić information content (AvgIpc) is 2.03. The summed E-state index contributed by atoms with van der Waals surface area (Å²) in [6, 6.07) is 0. The molecule has 0 aliphatic heterocycles. The van der Waals surface area contributed by atoms with E-state index in [2.05, 4.69) is 6.58 Å². The maximum absolute atomic E-state index is 12.1. The number of hydrogen-bond acceptors (Lipinski definition) is 0. The van der Waals surface area contributed by atoms with Crippen LogP contribution in [-0.4, -0.2) is 6.18 Å². The molecule has 0 saturated carbocycles. The van der Waals surface area contributed by atoms with Crippen molar-refractivity contribution >= 4 is 0 Å². The fraction of sp³-hybridized carbons (Fsp3) is 0.556. The first-order valence-electron chi connectivity index (χ1n) is 3.94. The summed E-state index contributed by atoms with van der Waals surface area (Å²) < 4.78 is 36.3. The van der Waals surface area contributed by atoms with Crippen molar-refractivity contribution in [2.45, 2.75) is 25.4 Å². The van der Waals surface area contributed by atoms with Gasteiger partial charge in [0, 0.05) is 11.5 Å². The van der Waals surface area contributed by atoms with Crippen LogP contribution < -0.4 is 0 Å². The summed E-state index contributed by atoms with van der Waals surface area (Å²) in [7, 11) is 0. The quantitative estimate of drug-likeness (QED) is 0.537. The molecule has 0 aromatic heterocycles. The van der Waals surface area contributed by atoms with Crippen molar-refractivity contribution in [3.63, 3.8) is 0 Å². The van der Waals surface area contributed by atoms with E-state index in [1.807, 2.05) is 0 Å². The average molecular weight is 176 g/mol. The molecule has 0 spiro atoms. The van der Waals surface area contributed by atoms with Gasteiger partial charge in [0.25, 0.3) is 0 Å². The van der Waals surface area contributed by atoms with E-state index >= 15 is 0 Å². The van der Waals surface area contributed by atoms with Crippen molar-refractivity contribution in [1.82, 2.24) is 0 Å². The van der Waals surface area contributed by atoms with Crippen molar-refractivity contribution < 1.29 is 13.2 Å². The molecule has 12 heavy (non-hydrogen) atoms. The normalized spacial score (nSPS) is 24.1. The monoisotopic (exact) mass is 176 g/mol. The lowest BCUT2D eigenvalue weighted by molar-refractivity contribution is -0.0971. The van der Waals surface area contributed by atoms with Crippen molar-refractivity contribution in [2.75, 3.05) is 0 Å². The molecule has 1 unspecified atom stereocenters. The molecule has 1 aliphatic carbocycles. The van der Waals surface area contributed by atoms with Gasteiger partial charge in [-0.05, 0) is 19.3 Å². The summed E-state index contributed by atoms with van der Waals surface area (Å²) in [6.07, 6.45) is 1.48. The molecule has 0 N–H and O–H groups in total. The molecule has 68 valence electrons. The molecule has 0 saturated heterocycles. The van der Waals surface area contributed by atoms with Gasteiger partial charge in [0.1, 0.15) is 0 Å². The van der Waals surface area contributed by atoms with Gasteiger partial charge < -0.3 is 0 Å². The predicted octanol–water partition coefficient (Wildman–Crippen LogP) is 3.46. The summed E-state index contributed by atoms with van der Waals surface area (Å²) in [5.41, 5.74) is -0.613.